The molecule has 1 aliphatic heterocycles. The molecular formula is C23H32N4OS. The predicted molar refractivity (Wildman–Crippen MR) is 125 cm³/mol. The van der Waals surface area contributed by atoms with Gasteiger partial charge in [0.05, 0.1) is 0 Å². The Kier molecular flexibility index (Phi) is 6.98. The Labute approximate surface area is 178 Å². The molecule has 0 radical (unpaired) electrons. The van der Waals surface area contributed by atoms with Crippen molar-refractivity contribution in [1.82, 2.24) is 14.2 Å². The smallest absolute Gasteiger partial charge is 0.150 e. The van der Waals surface area contributed by atoms with E-state index in [0.29, 0.717) is 6.04 Å². The number of thioether (sulfide) groups is 1. The maximum Gasteiger partial charge on any atom is 0.150 e. The fourth-order valence-corrected chi connectivity index (χ4v) is 4.99. The molecule has 0 amide bonds. The number of likely N-dealkylation sites (tertiary alicyclic amines) is 1. The van der Waals surface area contributed by atoms with Gasteiger partial charge in [-0.2, -0.15) is 0 Å². The molecule has 3 heterocycles. The Morgan fingerprint density at radius 2 is 2.03 bits per heavy atom. The SMILES string of the molecule is C=N/C=C(\SC)c1cc2cc(C=O)c(C)c(C(C)N3CCC(N(C)C)CC3)n2c1. The van der Waals surface area contributed by atoms with E-state index in [-0.39, 0.29) is 6.04 Å². The molecule has 0 N–H and O–H groups in total. The third-order valence-electron chi connectivity index (χ3n) is 6.24. The summed E-state index contributed by atoms with van der Waals surface area (Å²) < 4.78 is 2.26. The minimum absolute atomic E-state index is 0.236. The van der Waals surface area contributed by atoms with Crippen LogP contribution in [-0.2, 0) is 0 Å². The minimum Gasteiger partial charge on any atom is -0.318 e. The van der Waals surface area contributed by atoms with Crippen LogP contribution in [0.3, 0.4) is 0 Å². The molecule has 1 fully saturated rings. The van der Waals surface area contributed by atoms with Gasteiger partial charge in [0.25, 0.3) is 0 Å². The first-order valence-electron chi connectivity index (χ1n) is 10.1. The molecule has 2 aromatic heterocycles. The quantitative estimate of drug-likeness (QED) is 0.496. The van der Waals surface area contributed by atoms with Crippen molar-refractivity contribution in [3.63, 3.8) is 0 Å². The van der Waals surface area contributed by atoms with Crippen LogP contribution in [0.15, 0.2) is 29.5 Å². The summed E-state index contributed by atoms with van der Waals surface area (Å²) in [5.74, 6) is 0. The zero-order chi connectivity index (χ0) is 21.1. The number of pyridine rings is 1. The largest absolute Gasteiger partial charge is 0.318 e. The number of nitrogens with zero attached hydrogens (tertiary/aromatic N) is 4. The summed E-state index contributed by atoms with van der Waals surface area (Å²) in [6.45, 7) is 10.1. The van der Waals surface area contributed by atoms with E-state index in [1.54, 1.807) is 18.0 Å². The normalized spacial score (nSPS) is 17.8. The van der Waals surface area contributed by atoms with Gasteiger partial charge in [0.2, 0.25) is 0 Å². The lowest BCUT2D eigenvalue weighted by molar-refractivity contribution is 0.111. The lowest BCUT2D eigenvalue weighted by Gasteiger charge is -2.39. The summed E-state index contributed by atoms with van der Waals surface area (Å²) in [6, 6.07) is 5.01. The molecule has 2 aromatic rings. The number of carbonyl (C=O) groups excluding carboxylic acids is 1. The summed E-state index contributed by atoms with van der Waals surface area (Å²) >= 11 is 1.65. The molecule has 29 heavy (non-hydrogen) atoms. The molecule has 0 aromatic carbocycles. The van der Waals surface area contributed by atoms with E-state index in [0.717, 1.165) is 46.5 Å². The molecule has 1 aliphatic rings. The highest BCUT2D eigenvalue weighted by atomic mass is 32.2. The first-order chi connectivity index (χ1) is 13.9. The van der Waals surface area contributed by atoms with Crippen molar-refractivity contribution in [2.45, 2.75) is 38.8 Å². The van der Waals surface area contributed by atoms with Gasteiger partial charge in [-0.15, -0.1) is 11.8 Å². The van der Waals surface area contributed by atoms with Gasteiger partial charge in [-0.1, -0.05) is 0 Å². The molecular weight excluding hydrogens is 380 g/mol. The van der Waals surface area contributed by atoms with Crippen LogP contribution in [0.4, 0.5) is 0 Å². The lowest BCUT2D eigenvalue weighted by Crippen LogP contribution is -2.43. The first-order valence-corrected chi connectivity index (χ1v) is 11.3. The van der Waals surface area contributed by atoms with Gasteiger partial charge in [0.1, 0.15) is 6.29 Å². The maximum absolute atomic E-state index is 11.8. The fraction of sp³-hybridized carbons (Fsp3) is 0.478. The number of aldehydes is 1. The van der Waals surface area contributed by atoms with Crippen molar-refractivity contribution in [3.05, 3.63) is 46.9 Å². The summed E-state index contributed by atoms with van der Waals surface area (Å²) in [5.41, 5.74) is 5.18. The Morgan fingerprint density at radius 1 is 1.34 bits per heavy atom. The van der Waals surface area contributed by atoms with Crippen LogP contribution in [0.2, 0.25) is 0 Å². The third-order valence-corrected chi connectivity index (χ3v) is 7.02. The van der Waals surface area contributed by atoms with Crippen LogP contribution in [0.1, 0.15) is 53.0 Å². The summed E-state index contributed by atoms with van der Waals surface area (Å²) in [4.78, 5) is 21.7. The van der Waals surface area contributed by atoms with Crippen LogP contribution >= 0.6 is 11.8 Å². The Hall–Kier alpha value is -1.89. The zero-order valence-electron chi connectivity index (χ0n) is 18.2. The number of aromatic nitrogens is 1. The van der Waals surface area contributed by atoms with Crippen molar-refractivity contribution in [3.8, 4) is 0 Å². The maximum atomic E-state index is 11.8. The van der Waals surface area contributed by atoms with Gasteiger partial charge in [-0.05, 0) is 71.5 Å². The number of hydrogen-bond donors (Lipinski definition) is 0. The van der Waals surface area contributed by atoms with E-state index in [9.17, 15) is 4.79 Å². The van der Waals surface area contributed by atoms with Crippen LogP contribution in [0.5, 0.6) is 0 Å². The van der Waals surface area contributed by atoms with E-state index in [1.165, 1.54) is 18.5 Å². The van der Waals surface area contributed by atoms with Crippen LogP contribution in [-0.4, -0.2) is 66.7 Å². The third kappa shape index (κ3) is 4.34. The molecule has 1 atom stereocenters. The average Bonchev–Trinajstić information content (AvgIpc) is 3.14. The van der Waals surface area contributed by atoms with Crippen molar-refractivity contribution < 1.29 is 4.79 Å². The number of rotatable bonds is 7. The van der Waals surface area contributed by atoms with E-state index < -0.39 is 0 Å². The minimum atomic E-state index is 0.236. The van der Waals surface area contributed by atoms with Gasteiger partial charge in [-0.3, -0.25) is 14.7 Å². The molecule has 0 saturated carbocycles. The van der Waals surface area contributed by atoms with E-state index >= 15 is 0 Å². The highest BCUT2D eigenvalue weighted by molar-refractivity contribution is 8.07. The fourth-order valence-electron chi connectivity index (χ4n) is 4.46. The molecule has 1 unspecified atom stereocenters. The van der Waals surface area contributed by atoms with Crippen LogP contribution in [0.25, 0.3) is 10.4 Å². The molecule has 1 saturated heterocycles. The zero-order valence-corrected chi connectivity index (χ0v) is 19.0. The highest BCUT2D eigenvalue weighted by Crippen LogP contribution is 2.33. The highest BCUT2D eigenvalue weighted by Gasteiger charge is 2.27. The monoisotopic (exact) mass is 412 g/mol. The number of hydrogen-bond acceptors (Lipinski definition) is 5. The average molecular weight is 413 g/mol. The Bertz CT molecular complexity index is 923. The second-order valence-corrected chi connectivity index (χ2v) is 8.89. The van der Waals surface area contributed by atoms with Crippen molar-refractivity contribution in [1.29, 1.82) is 0 Å². The van der Waals surface area contributed by atoms with E-state index in [4.69, 9.17) is 0 Å². The van der Waals surface area contributed by atoms with Gasteiger partial charge in [-0.25, -0.2) is 0 Å². The molecule has 3 rings (SSSR count). The summed E-state index contributed by atoms with van der Waals surface area (Å²) in [7, 11) is 4.34. The molecule has 5 nitrogen and oxygen atoms in total. The first kappa shape index (κ1) is 21.8. The Morgan fingerprint density at radius 3 is 2.59 bits per heavy atom. The number of aliphatic imine (C=N–C) groups is 1. The number of fused-ring (bicyclic) bond motifs is 1. The second-order valence-electron chi connectivity index (χ2n) is 8.04. The van der Waals surface area contributed by atoms with E-state index in [1.807, 2.05) is 12.3 Å². The van der Waals surface area contributed by atoms with Gasteiger partial charge >= 0.3 is 0 Å². The topological polar surface area (TPSA) is 40.3 Å². The van der Waals surface area contributed by atoms with Gasteiger partial charge in [0, 0.05) is 64.8 Å². The molecule has 0 aliphatic carbocycles. The number of piperidine rings is 1. The van der Waals surface area contributed by atoms with Gasteiger partial charge in [0.15, 0.2) is 0 Å². The van der Waals surface area contributed by atoms with Crippen molar-refractivity contribution in [2.75, 3.05) is 33.4 Å². The van der Waals surface area contributed by atoms with Crippen molar-refractivity contribution >= 4 is 35.2 Å². The second kappa shape index (κ2) is 9.28. The Balaban J connectivity index is 2.04. The molecule has 156 valence electrons. The molecule has 0 spiro atoms. The number of carbonyl (C=O) groups is 1. The van der Waals surface area contributed by atoms with E-state index in [2.05, 4.69) is 66.1 Å². The predicted octanol–water partition coefficient (Wildman–Crippen LogP) is 4.51. The molecule has 6 heteroatoms. The van der Waals surface area contributed by atoms with Crippen molar-refractivity contribution in [2.24, 2.45) is 4.99 Å². The standard InChI is InChI=1S/C23H32N4OS/c1-16-19(15-28)12-21-11-18(22(29-6)13-24-3)14-27(21)23(16)17(2)26-9-7-20(8-10-26)25(4)5/h11-15,17,20H,3,7-10H2,1-2,4-6H3/b22-13-. The lowest BCUT2D eigenvalue weighted by atomic mass is 9.98. The summed E-state index contributed by atoms with van der Waals surface area (Å²) in [6.07, 6.45) is 9.33. The molecule has 0 bridgehead atoms. The van der Waals surface area contributed by atoms with Crippen LogP contribution in [0, 0.1) is 6.92 Å². The van der Waals surface area contributed by atoms with Gasteiger partial charge < -0.3 is 9.30 Å². The summed E-state index contributed by atoms with van der Waals surface area (Å²) in [5, 5.41) is 0. The van der Waals surface area contributed by atoms with Crippen LogP contribution < -0.4 is 0 Å².